The number of benzene rings is 1. The predicted molar refractivity (Wildman–Crippen MR) is 146 cm³/mol. The Morgan fingerprint density at radius 3 is 2.58 bits per heavy atom. The fraction of sp³-hybridized carbons (Fsp3) is 0.323. The van der Waals surface area contributed by atoms with Crippen LogP contribution in [0.2, 0.25) is 0 Å². The second-order valence-corrected chi connectivity index (χ2v) is 10.1. The summed E-state index contributed by atoms with van der Waals surface area (Å²) in [7, 11) is 0. The molecule has 1 aromatic heterocycles. The maximum absolute atomic E-state index is 13.7. The fourth-order valence-corrected chi connectivity index (χ4v) is 5.12. The number of amides is 1. The molecule has 1 aliphatic heterocycles. The number of hydrogen-bond donors (Lipinski definition) is 0. The second kappa shape index (κ2) is 11.7. The van der Waals surface area contributed by atoms with Crippen molar-refractivity contribution in [3.8, 4) is 11.4 Å². The maximum Gasteiger partial charge on any atom is 0.244 e. The molecular weight excluding hydrogens is 482 g/mol. The van der Waals surface area contributed by atoms with Gasteiger partial charge in [0.2, 0.25) is 5.91 Å². The fourth-order valence-electron chi connectivity index (χ4n) is 5.12. The van der Waals surface area contributed by atoms with Crippen LogP contribution in [0.5, 0.6) is 0 Å². The first-order valence-corrected chi connectivity index (χ1v) is 13.2. The lowest BCUT2D eigenvalue weighted by molar-refractivity contribution is -0.133. The molecule has 0 spiro atoms. The number of carbonyl (C=O) groups excluding carboxylic acids is 1. The van der Waals surface area contributed by atoms with Gasteiger partial charge in [-0.3, -0.25) is 4.79 Å². The summed E-state index contributed by atoms with van der Waals surface area (Å²) >= 11 is 0. The largest absolute Gasteiger partial charge is 0.341 e. The number of nitrogens with zero attached hydrogens (tertiary/aromatic N) is 4. The third kappa shape index (κ3) is 6.33. The van der Waals surface area contributed by atoms with Crippen molar-refractivity contribution in [2.24, 2.45) is 5.92 Å². The van der Waals surface area contributed by atoms with E-state index < -0.39 is 0 Å². The molecule has 196 valence electrons. The molecule has 2 heterocycles. The number of aromatic nitrogens is 3. The maximum atomic E-state index is 13.7. The lowest BCUT2D eigenvalue weighted by Gasteiger charge is -2.32. The van der Waals surface area contributed by atoms with Gasteiger partial charge in [0.15, 0.2) is 11.6 Å². The van der Waals surface area contributed by atoms with Crippen molar-refractivity contribution in [1.82, 2.24) is 19.7 Å². The molecule has 0 atom stereocenters. The molecule has 1 saturated heterocycles. The third-order valence-corrected chi connectivity index (χ3v) is 7.19. The molecule has 0 radical (unpaired) electrons. The molecule has 38 heavy (non-hydrogen) atoms. The molecule has 5 rings (SSSR count). The summed E-state index contributed by atoms with van der Waals surface area (Å²) in [4.78, 5) is 19.9. The monoisotopic (exact) mass is 514 g/mol. The van der Waals surface area contributed by atoms with E-state index in [1.54, 1.807) is 22.9 Å². The van der Waals surface area contributed by atoms with Gasteiger partial charge >= 0.3 is 0 Å². The molecule has 2 aliphatic carbocycles. The third-order valence-electron chi connectivity index (χ3n) is 7.19. The van der Waals surface area contributed by atoms with Crippen LogP contribution in [0.25, 0.3) is 17.0 Å². The lowest BCUT2D eigenvalue weighted by atomic mass is 9.89. The van der Waals surface area contributed by atoms with E-state index in [4.69, 9.17) is 0 Å². The van der Waals surface area contributed by atoms with Crippen LogP contribution in [0.3, 0.4) is 0 Å². The van der Waals surface area contributed by atoms with Crippen molar-refractivity contribution < 1.29 is 13.6 Å². The first-order valence-electron chi connectivity index (χ1n) is 13.2. The Labute approximate surface area is 222 Å². The van der Waals surface area contributed by atoms with Gasteiger partial charge in [-0.2, -0.15) is 0 Å². The Morgan fingerprint density at radius 2 is 1.79 bits per heavy atom. The van der Waals surface area contributed by atoms with Crippen LogP contribution in [-0.2, 0) is 11.3 Å². The zero-order chi connectivity index (χ0) is 26.5. The zero-order valence-electron chi connectivity index (χ0n) is 21.6. The Balaban J connectivity index is 1.29. The van der Waals surface area contributed by atoms with Crippen LogP contribution in [-0.4, -0.2) is 38.7 Å². The Kier molecular flexibility index (Phi) is 7.91. The zero-order valence-corrected chi connectivity index (χ0v) is 21.6. The average molecular weight is 515 g/mol. The van der Waals surface area contributed by atoms with Gasteiger partial charge in [-0.05, 0) is 87.4 Å². The van der Waals surface area contributed by atoms with E-state index in [9.17, 15) is 13.6 Å². The van der Waals surface area contributed by atoms with E-state index >= 15 is 0 Å². The van der Waals surface area contributed by atoms with Gasteiger partial charge in [-0.25, -0.2) is 18.4 Å². The first-order chi connectivity index (χ1) is 18.4. The average Bonchev–Trinajstić information content (AvgIpc) is 3.04. The van der Waals surface area contributed by atoms with Crippen LogP contribution in [0.4, 0.5) is 8.78 Å². The smallest absolute Gasteiger partial charge is 0.244 e. The first kappa shape index (κ1) is 25.8. The Bertz CT molecular complexity index is 1370. The van der Waals surface area contributed by atoms with Crippen LogP contribution >= 0.6 is 0 Å². The molecule has 1 amide bonds. The van der Waals surface area contributed by atoms with Gasteiger partial charge in [0.05, 0.1) is 0 Å². The standard InChI is InChI=1S/C31H32F2N4O/c1-22-5-2-3-6-24(19-22)20-23-15-17-36(18-16-23)29(38)21-37-31(26-10-13-28(33)14-11-26)34-30(35-37)25-7-4-8-27(32)12-9-25/h2,5-14,19,23H,3-4,15-18,20-21H2,1H3. The minimum atomic E-state index is -0.350. The molecular formula is C31H32F2N4O. The Morgan fingerprint density at radius 1 is 1.00 bits per heavy atom. The van der Waals surface area contributed by atoms with Crippen LogP contribution in [0.15, 0.2) is 89.8 Å². The quantitative estimate of drug-likeness (QED) is 0.429. The number of likely N-dealkylation sites (tertiary alicyclic amines) is 1. The molecule has 3 aliphatic rings. The summed E-state index contributed by atoms with van der Waals surface area (Å²) in [5.74, 6) is 0.761. The van der Waals surface area contributed by atoms with Crippen molar-refractivity contribution in [3.63, 3.8) is 0 Å². The normalized spacial score (nSPS) is 18.3. The summed E-state index contributed by atoms with van der Waals surface area (Å²) in [6.07, 6.45) is 19.6. The van der Waals surface area contributed by atoms with E-state index in [1.165, 1.54) is 35.4 Å². The number of rotatable bonds is 6. The number of hydrogen-bond acceptors (Lipinski definition) is 3. The highest BCUT2D eigenvalue weighted by molar-refractivity contribution is 5.77. The molecule has 0 unspecified atom stereocenters. The van der Waals surface area contributed by atoms with Crippen molar-refractivity contribution in [2.45, 2.75) is 45.6 Å². The van der Waals surface area contributed by atoms with Crippen LogP contribution in [0, 0.1) is 11.7 Å². The highest BCUT2D eigenvalue weighted by Gasteiger charge is 2.25. The van der Waals surface area contributed by atoms with Gasteiger partial charge in [-0.15, -0.1) is 5.10 Å². The summed E-state index contributed by atoms with van der Waals surface area (Å²) < 4.78 is 28.9. The summed E-state index contributed by atoms with van der Waals surface area (Å²) in [6.45, 7) is 3.59. The van der Waals surface area contributed by atoms with Crippen molar-refractivity contribution in [3.05, 3.63) is 101 Å². The van der Waals surface area contributed by atoms with Gasteiger partial charge in [-0.1, -0.05) is 41.5 Å². The summed E-state index contributed by atoms with van der Waals surface area (Å²) in [5, 5.41) is 4.62. The topological polar surface area (TPSA) is 51.0 Å². The van der Waals surface area contributed by atoms with E-state index in [-0.39, 0.29) is 24.1 Å². The molecule has 1 fully saturated rings. The molecule has 2 aromatic rings. The predicted octanol–water partition coefficient (Wildman–Crippen LogP) is 6.74. The molecule has 5 nitrogen and oxygen atoms in total. The minimum absolute atomic E-state index is 0.0185. The number of piperidine rings is 1. The molecule has 7 heteroatoms. The summed E-state index contributed by atoms with van der Waals surface area (Å²) in [6, 6.07) is 5.98. The number of carbonyl (C=O) groups is 1. The van der Waals surface area contributed by atoms with E-state index in [0.29, 0.717) is 48.2 Å². The summed E-state index contributed by atoms with van der Waals surface area (Å²) in [5.41, 5.74) is 4.00. The number of halogens is 2. The SMILES string of the molecule is CC1=CC(CC2CCN(C(=O)Cn3nc(C4=CCC=C(F)C=C4)nc3-c3ccc(F)cc3)CC2)=CCC=C1. The van der Waals surface area contributed by atoms with Crippen LogP contribution < -0.4 is 0 Å². The highest BCUT2D eigenvalue weighted by atomic mass is 19.1. The van der Waals surface area contributed by atoms with Gasteiger partial charge in [0.25, 0.3) is 0 Å². The molecule has 0 N–H and O–H groups in total. The van der Waals surface area contributed by atoms with E-state index in [0.717, 1.165) is 25.7 Å². The Hall–Kier alpha value is -3.87. The van der Waals surface area contributed by atoms with Crippen molar-refractivity contribution in [2.75, 3.05) is 13.1 Å². The van der Waals surface area contributed by atoms with E-state index in [2.05, 4.69) is 41.3 Å². The lowest BCUT2D eigenvalue weighted by Crippen LogP contribution is -2.40. The highest BCUT2D eigenvalue weighted by Crippen LogP contribution is 2.28. The van der Waals surface area contributed by atoms with Crippen molar-refractivity contribution in [1.29, 1.82) is 0 Å². The van der Waals surface area contributed by atoms with Crippen LogP contribution in [0.1, 0.15) is 44.9 Å². The number of allylic oxidation sites excluding steroid dienone is 12. The molecule has 1 aromatic carbocycles. The van der Waals surface area contributed by atoms with Gasteiger partial charge < -0.3 is 4.90 Å². The van der Waals surface area contributed by atoms with Gasteiger partial charge in [0, 0.05) is 24.2 Å². The second-order valence-electron chi connectivity index (χ2n) is 10.1. The van der Waals surface area contributed by atoms with Gasteiger partial charge in [0.1, 0.15) is 18.2 Å². The van der Waals surface area contributed by atoms with E-state index in [1.807, 2.05) is 11.0 Å². The van der Waals surface area contributed by atoms with Crippen molar-refractivity contribution >= 4 is 11.5 Å². The minimum Gasteiger partial charge on any atom is -0.341 e. The molecule has 0 saturated carbocycles. The molecule has 0 bridgehead atoms.